The van der Waals surface area contributed by atoms with Gasteiger partial charge in [-0.15, -0.1) is 0 Å². The lowest BCUT2D eigenvalue weighted by Crippen LogP contribution is -2.41. The first-order valence-electron chi connectivity index (χ1n) is 6.41. The predicted molar refractivity (Wildman–Crippen MR) is 80.5 cm³/mol. The van der Waals surface area contributed by atoms with Gasteiger partial charge in [0.1, 0.15) is 18.0 Å². The van der Waals surface area contributed by atoms with Gasteiger partial charge >= 0.3 is 0 Å². The number of hydrogen-bond donors (Lipinski definition) is 1. The van der Waals surface area contributed by atoms with Crippen LogP contribution in [0.2, 0.25) is 0 Å². The number of hydrogen-bond acceptors (Lipinski definition) is 6. The summed E-state index contributed by atoms with van der Waals surface area (Å²) >= 11 is 2.03. The number of nitrogens with two attached hydrogens (primary N) is 1. The van der Waals surface area contributed by atoms with Crippen molar-refractivity contribution in [1.82, 2.24) is 15.0 Å². The molecule has 2 atom stereocenters. The molecule has 1 aliphatic rings. The molecule has 2 N–H and O–H groups in total. The van der Waals surface area contributed by atoms with Crippen molar-refractivity contribution < 1.29 is 0 Å². The smallest absolute Gasteiger partial charge is 0.166 e. The molecule has 3 heterocycles. The van der Waals surface area contributed by atoms with E-state index in [0.717, 1.165) is 24.3 Å². The first kappa shape index (κ1) is 12.5. The first-order valence-corrected chi connectivity index (χ1v) is 7.35. The van der Waals surface area contributed by atoms with Crippen LogP contribution in [0.5, 0.6) is 0 Å². The van der Waals surface area contributed by atoms with Crippen molar-refractivity contribution in [2.45, 2.75) is 24.3 Å². The maximum absolute atomic E-state index is 5.71. The Balaban J connectivity index is 2.04. The number of thioether (sulfide) groups is 1. The molecule has 5 nitrogen and oxygen atoms in total. The van der Waals surface area contributed by atoms with E-state index < -0.39 is 0 Å². The first-order chi connectivity index (χ1) is 9.13. The zero-order valence-corrected chi connectivity index (χ0v) is 11.9. The zero-order valence-electron chi connectivity index (χ0n) is 11.1. The molecule has 100 valence electrons. The Bertz CT molecular complexity index is 593. The van der Waals surface area contributed by atoms with E-state index in [9.17, 15) is 0 Å². The standard InChI is InChI=1S/C13H17N5S/c1-8-5-18(6-9(2)19-8)13-10-3-4-11(14)17-12(10)15-7-16-13/h3-4,7-9H,5-6H2,1-2H3,(H2,14,15,16,17). The SMILES string of the molecule is CC1CN(c2ncnc3nc(N)ccc23)CC(C)S1. The van der Waals surface area contributed by atoms with E-state index in [1.54, 1.807) is 12.4 Å². The molecule has 0 aromatic carbocycles. The fourth-order valence-electron chi connectivity index (χ4n) is 2.55. The van der Waals surface area contributed by atoms with E-state index in [4.69, 9.17) is 5.73 Å². The summed E-state index contributed by atoms with van der Waals surface area (Å²) < 4.78 is 0. The van der Waals surface area contributed by atoms with Gasteiger partial charge in [0.15, 0.2) is 5.65 Å². The molecule has 0 bridgehead atoms. The highest BCUT2D eigenvalue weighted by atomic mass is 32.2. The van der Waals surface area contributed by atoms with Crippen LogP contribution in [-0.2, 0) is 0 Å². The minimum Gasteiger partial charge on any atom is -0.384 e. The monoisotopic (exact) mass is 275 g/mol. The van der Waals surface area contributed by atoms with Gasteiger partial charge in [-0.2, -0.15) is 11.8 Å². The molecule has 2 aromatic heterocycles. The minimum absolute atomic E-state index is 0.494. The second-order valence-electron chi connectivity index (χ2n) is 4.97. The lowest BCUT2D eigenvalue weighted by atomic mass is 10.2. The molecule has 3 rings (SSSR count). The molecule has 19 heavy (non-hydrogen) atoms. The Morgan fingerprint density at radius 2 is 1.95 bits per heavy atom. The molecule has 1 saturated heterocycles. The van der Waals surface area contributed by atoms with Gasteiger partial charge in [0.2, 0.25) is 0 Å². The van der Waals surface area contributed by atoms with Crippen molar-refractivity contribution >= 4 is 34.4 Å². The lowest BCUT2D eigenvalue weighted by Gasteiger charge is -2.35. The van der Waals surface area contributed by atoms with Crippen LogP contribution in [0.4, 0.5) is 11.6 Å². The van der Waals surface area contributed by atoms with Crippen LogP contribution < -0.4 is 10.6 Å². The van der Waals surface area contributed by atoms with Gasteiger partial charge < -0.3 is 10.6 Å². The van der Waals surface area contributed by atoms with Crippen LogP contribution in [-0.4, -0.2) is 38.5 Å². The van der Waals surface area contributed by atoms with E-state index >= 15 is 0 Å². The normalized spacial score (nSPS) is 23.8. The molecule has 0 saturated carbocycles. The molecule has 2 aromatic rings. The third-order valence-electron chi connectivity index (χ3n) is 3.22. The number of aromatic nitrogens is 3. The van der Waals surface area contributed by atoms with Gasteiger partial charge in [-0.25, -0.2) is 15.0 Å². The van der Waals surface area contributed by atoms with Crippen LogP contribution >= 0.6 is 11.8 Å². The summed E-state index contributed by atoms with van der Waals surface area (Å²) in [5.41, 5.74) is 6.38. The number of fused-ring (bicyclic) bond motifs is 1. The second kappa shape index (κ2) is 4.85. The average Bonchev–Trinajstić information content (AvgIpc) is 2.36. The maximum Gasteiger partial charge on any atom is 0.166 e. The summed E-state index contributed by atoms with van der Waals surface area (Å²) in [4.78, 5) is 15.2. The average molecular weight is 275 g/mol. The van der Waals surface area contributed by atoms with Gasteiger partial charge in [-0.05, 0) is 12.1 Å². The molecule has 1 aliphatic heterocycles. The fraction of sp³-hybridized carbons (Fsp3) is 0.462. The van der Waals surface area contributed by atoms with Gasteiger partial charge in [0, 0.05) is 23.6 Å². The molecule has 2 unspecified atom stereocenters. The van der Waals surface area contributed by atoms with Crippen molar-refractivity contribution in [2.24, 2.45) is 0 Å². The maximum atomic E-state index is 5.71. The van der Waals surface area contributed by atoms with Crippen molar-refractivity contribution in [3.63, 3.8) is 0 Å². The summed E-state index contributed by atoms with van der Waals surface area (Å²) in [6.45, 7) is 6.52. The zero-order chi connectivity index (χ0) is 13.4. The number of nitrogen functional groups attached to an aromatic ring is 1. The molecular formula is C13H17N5S. The van der Waals surface area contributed by atoms with E-state index in [0.29, 0.717) is 22.0 Å². The van der Waals surface area contributed by atoms with Crippen LogP contribution in [0.15, 0.2) is 18.5 Å². The molecular weight excluding hydrogens is 258 g/mol. The summed E-state index contributed by atoms with van der Waals surface area (Å²) in [5, 5.41) is 2.19. The highest BCUT2D eigenvalue weighted by molar-refractivity contribution is 8.00. The Hall–Kier alpha value is -1.56. The van der Waals surface area contributed by atoms with Crippen LogP contribution in [0.1, 0.15) is 13.8 Å². The second-order valence-corrected chi connectivity index (χ2v) is 6.85. The van der Waals surface area contributed by atoms with Gasteiger partial charge in [0.25, 0.3) is 0 Å². The summed E-state index contributed by atoms with van der Waals surface area (Å²) in [5.74, 6) is 1.46. The van der Waals surface area contributed by atoms with Crippen molar-refractivity contribution in [3.05, 3.63) is 18.5 Å². The van der Waals surface area contributed by atoms with Crippen LogP contribution in [0, 0.1) is 0 Å². The largest absolute Gasteiger partial charge is 0.384 e. The number of pyridine rings is 1. The summed E-state index contributed by atoms with van der Waals surface area (Å²) in [7, 11) is 0. The van der Waals surface area contributed by atoms with Gasteiger partial charge in [-0.1, -0.05) is 13.8 Å². The molecule has 0 radical (unpaired) electrons. The van der Waals surface area contributed by atoms with Crippen LogP contribution in [0.25, 0.3) is 11.0 Å². The summed E-state index contributed by atoms with van der Waals surface area (Å²) in [6.07, 6.45) is 1.57. The minimum atomic E-state index is 0.494. The number of nitrogens with zero attached hydrogens (tertiary/aromatic N) is 4. The van der Waals surface area contributed by atoms with Crippen molar-refractivity contribution in [2.75, 3.05) is 23.7 Å². The van der Waals surface area contributed by atoms with E-state index in [1.165, 1.54) is 0 Å². The lowest BCUT2D eigenvalue weighted by molar-refractivity contribution is 0.720. The van der Waals surface area contributed by atoms with Crippen molar-refractivity contribution in [3.8, 4) is 0 Å². The topological polar surface area (TPSA) is 67.9 Å². The molecule has 1 fully saturated rings. The summed E-state index contributed by atoms with van der Waals surface area (Å²) in [6, 6.07) is 3.77. The van der Waals surface area contributed by atoms with E-state index in [2.05, 4.69) is 33.7 Å². The third-order valence-corrected chi connectivity index (χ3v) is 4.44. The molecule has 0 spiro atoms. The Labute approximate surface area is 116 Å². The Morgan fingerprint density at radius 3 is 2.68 bits per heavy atom. The molecule has 6 heteroatoms. The Morgan fingerprint density at radius 1 is 1.21 bits per heavy atom. The van der Waals surface area contributed by atoms with Gasteiger partial charge in [-0.3, -0.25) is 0 Å². The quantitative estimate of drug-likeness (QED) is 0.858. The van der Waals surface area contributed by atoms with Crippen LogP contribution in [0.3, 0.4) is 0 Å². The highest BCUT2D eigenvalue weighted by Gasteiger charge is 2.24. The van der Waals surface area contributed by atoms with E-state index in [1.807, 2.05) is 17.8 Å². The number of anilines is 2. The number of rotatable bonds is 1. The highest BCUT2D eigenvalue weighted by Crippen LogP contribution is 2.30. The predicted octanol–water partition coefficient (Wildman–Crippen LogP) is 1.94. The fourth-order valence-corrected chi connectivity index (χ4v) is 3.87. The molecule has 0 aliphatic carbocycles. The van der Waals surface area contributed by atoms with Gasteiger partial charge in [0.05, 0.1) is 5.39 Å². The third kappa shape index (κ3) is 2.45. The Kier molecular flexibility index (Phi) is 3.18. The van der Waals surface area contributed by atoms with E-state index in [-0.39, 0.29) is 0 Å². The van der Waals surface area contributed by atoms with Crippen molar-refractivity contribution in [1.29, 1.82) is 0 Å². The molecule has 0 amide bonds.